The molecule has 3 nitrogen and oxygen atoms in total. The van der Waals surface area contributed by atoms with Gasteiger partial charge in [0.05, 0.1) is 13.0 Å². The van der Waals surface area contributed by atoms with Crippen molar-refractivity contribution in [3.05, 3.63) is 0 Å². The van der Waals surface area contributed by atoms with Gasteiger partial charge >= 0.3 is 5.97 Å². The largest absolute Gasteiger partial charge is 0.469 e. The van der Waals surface area contributed by atoms with Gasteiger partial charge in [-0.3, -0.25) is 9.59 Å². The Morgan fingerprint density at radius 1 is 1.44 bits per heavy atom. The summed E-state index contributed by atoms with van der Waals surface area (Å²) in [7, 11) is 1.37. The second-order valence-electron chi connectivity index (χ2n) is 4.66. The van der Waals surface area contributed by atoms with Crippen LogP contribution in [0.15, 0.2) is 0 Å². The highest BCUT2D eigenvalue weighted by molar-refractivity contribution is 9.26. The second-order valence-corrected chi connectivity index (χ2v) is 10.0. The summed E-state index contributed by atoms with van der Waals surface area (Å²) in [5.41, 5.74) is 0. The van der Waals surface area contributed by atoms with Crippen LogP contribution in [0.4, 0.5) is 0 Å². The third-order valence-corrected chi connectivity index (χ3v) is 7.45. The number of ketones is 1. The number of ether oxygens (including phenoxy) is 1. The highest BCUT2D eigenvalue weighted by Gasteiger charge is 2.71. The fraction of sp³-hybridized carbons (Fsp3) is 0.800. The number of hydrogen-bond acceptors (Lipinski definition) is 4. The van der Waals surface area contributed by atoms with E-state index < -0.39 is 3.23 Å². The van der Waals surface area contributed by atoms with Gasteiger partial charge in [-0.2, -0.15) is 0 Å². The molecule has 1 saturated heterocycles. The lowest BCUT2D eigenvalue weighted by molar-refractivity contribution is -0.152. The first-order chi connectivity index (χ1) is 7.23. The second kappa shape index (κ2) is 3.72. The molecule has 1 aliphatic carbocycles. The van der Waals surface area contributed by atoms with Crippen LogP contribution in [-0.4, -0.2) is 32.1 Å². The summed E-state index contributed by atoms with van der Waals surface area (Å²) in [6, 6.07) is 0. The molecule has 3 unspecified atom stereocenters. The van der Waals surface area contributed by atoms with Gasteiger partial charge in [0, 0.05) is 15.9 Å². The molecule has 0 N–H and O–H groups in total. The van der Waals surface area contributed by atoms with Crippen molar-refractivity contribution < 1.29 is 14.3 Å². The zero-order valence-electron chi connectivity index (χ0n) is 9.12. The van der Waals surface area contributed by atoms with E-state index in [4.69, 9.17) is 4.74 Å². The number of methoxy groups -OCH3 is 1. The Labute approximate surface area is 115 Å². The van der Waals surface area contributed by atoms with Crippen LogP contribution in [0.3, 0.4) is 0 Å². The van der Waals surface area contributed by atoms with Crippen LogP contribution >= 0.6 is 43.6 Å². The summed E-state index contributed by atoms with van der Waals surface area (Å²) in [4.78, 5) is 23.7. The van der Waals surface area contributed by atoms with E-state index in [9.17, 15) is 9.59 Å². The molecule has 0 radical (unpaired) electrons. The maximum atomic E-state index is 12.0. The lowest BCUT2D eigenvalue weighted by atomic mass is 9.70. The van der Waals surface area contributed by atoms with Crippen molar-refractivity contribution in [3.8, 4) is 0 Å². The molecule has 1 heterocycles. The molecule has 1 aliphatic heterocycles. The standard InChI is InChI=1S/C10H12Br2O3S/c1-9(2)5(8(14)15-3)4-6(13)10(11,12)7(4)16-9/h4-5,7H,1-3H3. The van der Waals surface area contributed by atoms with E-state index in [1.807, 2.05) is 13.8 Å². The van der Waals surface area contributed by atoms with E-state index >= 15 is 0 Å². The summed E-state index contributed by atoms with van der Waals surface area (Å²) in [5, 5.41) is 0.0964. The van der Waals surface area contributed by atoms with Gasteiger partial charge in [0.2, 0.25) is 0 Å². The number of rotatable bonds is 1. The summed E-state index contributed by atoms with van der Waals surface area (Å²) < 4.78 is 3.88. The predicted molar refractivity (Wildman–Crippen MR) is 70.0 cm³/mol. The Morgan fingerprint density at radius 3 is 2.50 bits per heavy atom. The van der Waals surface area contributed by atoms with Crippen molar-refractivity contribution in [2.45, 2.75) is 27.1 Å². The number of thioether (sulfide) groups is 1. The first kappa shape index (κ1) is 12.9. The monoisotopic (exact) mass is 370 g/mol. The van der Waals surface area contributed by atoms with Gasteiger partial charge in [0.1, 0.15) is 0 Å². The number of Topliss-reactive ketones (excluding diaryl/α,β-unsaturated/α-hetero) is 1. The number of esters is 1. The fourth-order valence-corrected chi connectivity index (χ4v) is 5.89. The minimum Gasteiger partial charge on any atom is -0.469 e. The minimum atomic E-state index is -0.657. The van der Waals surface area contributed by atoms with Gasteiger partial charge in [-0.15, -0.1) is 11.8 Å². The molecular weight excluding hydrogens is 360 g/mol. The molecule has 2 rings (SSSR count). The van der Waals surface area contributed by atoms with Crippen LogP contribution in [-0.2, 0) is 14.3 Å². The zero-order chi connectivity index (χ0) is 12.3. The molecule has 2 fully saturated rings. The molecule has 0 aromatic rings. The number of carbonyl (C=O) groups excluding carboxylic acids is 2. The molecule has 3 atom stereocenters. The van der Waals surface area contributed by atoms with E-state index in [0.29, 0.717) is 0 Å². The molecule has 2 aliphatic rings. The maximum absolute atomic E-state index is 12.0. The van der Waals surface area contributed by atoms with Crippen LogP contribution < -0.4 is 0 Å². The number of halogens is 2. The van der Waals surface area contributed by atoms with Crippen LogP contribution in [0.25, 0.3) is 0 Å². The van der Waals surface area contributed by atoms with E-state index in [0.717, 1.165) is 0 Å². The van der Waals surface area contributed by atoms with Crippen LogP contribution in [0.5, 0.6) is 0 Å². The minimum absolute atomic E-state index is 0.0472. The average molecular weight is 372 g/mol. The topological polar surface area (TPSA) is 43.4 Å². The van der Waals surface area contributed by atoms with Crippen molar-refractivity contribution in [2.75, 3.05) is 7.11 Å². The number of hydrogen-bond donors (Lipinski definition) is 0. The zero-order valence-corrected chi connectivity index (χ0v) is 13.1. The highest BCUT2D eigenvalue weighted by Crippen LogP contribution is 2.65. The molecular formula is C10H12Br2O3S. The van der Waals surface area contributed by atoms with Gasteiger partial charge in [-0.1, -0.05) is 31.9 Å². The molecule has 0 aromatic carbocycles. The summed E-state index contributed by atoms with van der Waals surface area (Å²) >= 11 is 8.43. The Bertz CT molecular complexity index is 367. The van der Waals surface area contributed by atoms with E-state index in [2.05, 4.69) is 31.9 Å². The van der Waals surface area contributed by atoms with E-state index in [1.54, 1.807) is 11.8 Å². The van der Waals surface area contributed by atoms with E-state index in [-0.39, 0.29) is 33.6 Å². The number of fused-ring (bicyclic) bond motifs is 1. The highest BCUT2D eigenvalue weighted by atomic mass is 79.9. The van der Waals surface area contributed by atoms with Crippen molar-refractivity contribution in [1.82, 2.24) is 0 Å². The van der Waals surface area contributed by atoms with Crippen molar-refractivity contribution in [1.29, 1.82) is 0 Å². The third kappa shape index (κ3) is 1.52. The molecule has 0 bridgehead atoms. The quantitative estimate of drug-likeness (QED) is 0.524. The van der Waals surface area contributed by atoms with Gasteiger partial charge in [0.25, 0.3) is 0 Å². The predicted octanol–water partition coefficient (Wildman–Crippen LogP) is 2.35. The summed E-state index contributed by atoms with van der Waals surface area (Å²) in [6.45, 7) is 3.97. The van der Waals surface area contributed by atoms with Gasteiger partial charge < -0.3 is 4.74 Å². The molecule has 0 amide bonds. The average Bonchev–Trinajstić information content (AvgIpc) is 2.47. The first-order valence-corrected chi connectivity index (χ1v) is 7.38. The lowest BCUT2D eigenvalue weighted by Gasteiger charge is -2.42. The maximum Gasteiger partial charge on any atom is 0.310 e. The summed E-state index contributed by atoms with van der Waals surface area (Å²) in [6.07, 6.45) is 0. The van der Waals surface area contributed by atoms with Crippen molar-refractivity contribution in [3.63, 3.8) is 0 Å². The van der Waals surface area contributed by atoms with Gasteiger partial charge in [0.15, 0.2) is 9.02 Å². The van der Waals surface area contributed by atoms with Crippen molar-refractivity contribution >= 4 is 55.4 Å². The van der Waals surface area contributed by atoms with Crippen LogP contribution in [0.2, 0.25) is 0 Å². The smallest absolute Gasteiger partial charge is 0.310 e. The van der Waals surface area contributed by atoms with Crippen molar-refractivity contribution in [2.24, 2.45) is 11.8 Å². The molecule has 6 heteroatoms. The van der Waals surface area contributed by atoms with Crippen LogP contribution in [0, 0.1) is 11.8 Å². The number of alkyl halides is 2. The number of carbonyl (C=O) groups is 2. The first-order valence-electron chi connectivity index (χ1n) is 4.91. The Hall–Kier alpha value is 0.450. The van der Waals surface area contributed by atoms with Crippen LogP contribution in [0.1, 0.15) is 13.8 Å². The molecule has 0 aromatic heterocycles. The SMILES string of the molecule is COC(=O)C1C2C(=O)C(Br)(Br)C2SC1(C)C. The normalized spacial score (nSPS) is 38.8. The molecule has 90 valence electrons. The summed E-state index contributed by atoms with van der Waals surface area (Å²) in [5.74, 6) is -0.811. The van der Waals surface area contributed by atoms with Gasteiger partial charge in [-0.05, 0) is 13.8 Å². The van der Waals surface area contributed by atoms with Gasteiger partial charge in [-0.25, -0.2) is 0 Å². The molecule has 16 heavy (non-hydrogen) atoms. The third-order valence-electron chi connectivity index (χ3n) is 3.31. The molecule has 1 saturated carbocycles. The Kier molecular flexibility index (Phi) is 3.00. The fourth-order valence-electron chi connectivity index (χ4n) is 2.49. The molecule has 0 spiro atoms. The lowest BCUT2D eigenvalue weighted by Crippen LogP contribution is -2.59. The van der Waals surface area contributed by atoms with E-state index in [1.165, 1.54) is 7.11 Å². The Morgan fingerprint density at radius 2 is 2.00 bits per heavy atom. The Balaban J connectivity index is 2.34.